The Kier molecular flexibility index (Phi) is 5.13. The molecule has 0 fully saturated rings. The van der Waals surface area contributed by atoms with E-state index in [2.05, 4.69) is 15.3 Å². The minimum Gasteiger partial charge on any atom is -0.493 e. The van der Waals surface area contributed by atoms with Gasteiger partial charge in [-0.3, -0.25) is 10.1 Å². The molecule has 0 saturated carbocycles. The van der Waals surface area contributed by atoms with Crippen LogP contribution in [-0.4, -0.2) is 29.1 Å². The van der Waals surface area contributed by atoms with Crippen molar-refractivity contribution in [2.24, 2.45) is 0 Å². The lowest BCUT2D eigenvalue weighted by Crippen LogP contribution is -2.01. The number of nitro groups is 1. The van der Waals surface area contributed by atoms with Gasteiger partial charge in [-0.2, -0.15) is 0 Å². The predicted molar refractivity (Wildman–Crippen MR) is 114 cm³/mol. The number of ether oxygens (including phenoxy) is 2. The Morgan fingerprint density at radius 3 is 2.37 bits per heavy atom. The first-order valence-corrected chi connectivity index (χ1v) is 9.09. The molecule has 3 aromatic carbocycles. The topological polar surface area (TPSA) is 99.4 Å². The summed E-state index contributed by atoms with van der Waals surface area (Å²) in [5.74, 6) is 2.11. The van der Waals surface area contributed by atoms with E-state index in [0.717, 1.165) is 5.56 Å². The Bertz CT molecular complexity index is 1230. The second kappa shape index (κ2) is 8.04. The van der Waals surface area contributed by atoms with Gasteiger partial charge in [-0.25, -0.2) is 9.97 Å². The quantitative estimate of drug-likeness (QED) is 0.359. The molecular formula is C22H18N4O4. The summed E-state index contributed by atoms with van der Waals surface area (Å²) in [6, 6.07) is 19.4. The van der Waals surface area contributed by atoms with E-state index in [1.54, 1.807) is 32.4 Å². The van der Waals surface area contributed by atoms with Crippen molar-refractivity contribution in [1.29, 1.82) is 0 Å². The van der Waals surface area contributed by atoms with E-state index in [1.807, 2.05) is 36.4 Å². The van der Waals surface area contributed by atoms with Gasteiger partial charge in [0.1, 0.15) is 5.82 Å². The summed E-state index contributed by atoms with van der Waals surface area (Å²) in [5, 5.41) is 15.1. The Labute approximate surface area is 172 Å². The molecule has 1 heterocycles. The first kappa shape index (κ1) is 19.1. The van der Waals surface area contributed by atoms with E-state index in [1.165, 1.54) is 12.1 Å². The van der Waals surface area contributed by atoms with Gasteiger partial charge in [0.2, 0.25) is 0 Å². The predicted octanol–water partition coefficient (Wildman–Crippen LogP) is 4.97. The number of anilines is 2. The SMILES string of the molecule is COc1ccc(Nc2nc(-c3ccccc3)nc3ccc([N+](=O)[O-])cc23)cc1OC. The van der Waals surface area contributed by atoms with Crippen LogP contribution in [0.1, 0.15) is 0 Å². The lowest BCUT2D eigenvalue weighted by atomic mass is 10.1. The molecule has 1 N–H and O–H groups in total. The number of methoxy groups -OCH3 is 2. The molecule has 4 aromatic rings. The van der Waals surface area contributed by atoms with Crippen LogP contribution in [0.15, 0.2) is 66.7 Å². The van der Waals surface area contributed by atoms with Crippen molar-refractivity contribution in [3.63, 3.8) is 0 Å². The molecular weight excluding hydrogens is 384 g/mol. The van der Waals surface area contributed by atoms with Crippen molar-refractivity contribution < 1.29 is 14.4 Å². The number of rotatable bonds is 6. The molecule has 0 radical (unpaired) electrons. The van der Waals surface area contributed by atoms with Gasteiger partial charge in [0.05, 0.1) is 24.7 Å². The molecule has 0 atom stereocenters. The molecule has 0 spiro atoms. The third kappa shape index (κ3) is 3.70. The maximum Gasteiger partial charge on any atom is 0.270 e. The molecule has 0 aliphatic carbocycles. The van der Waals surface area contributed by atoms with E-state index in [4.69, 9.17) is 9.47 Å². The van der Waals surface area contributed by atoms with Crippen LogP contribution in [0.5, 0.6) is 11.5 Å². The highest BCUT2D eigenvalue weighted by molar-refractivity contribution is 5.93. The first-order valence-electron chi connectivity index (χ1n) is 9.09. The molecule has 8 nitrogen and oxygen atoms in total. The summed E-state index contributed by atoms with van der Waals surface area (Å²) < 4.78 is 10.6. The second-order valence-corrected chi connectivity index (χ2v) is 6.42. The minimum absolute atomic E-state index is 0.0334. The lowest BCUT2D eigenvalue weighted by Gasteiger charge is -2.13. The normalized spacial score (nSPS) is 10.6. The summed E-state index contributed by atoms with van der Waals surface area (Å²) in [7, 11) is 3.12. The molecule has 30 heavy (non-hydrogen) atoms. The second-order valence-electron chi connectivity index (χ2n) is 6.42. The fraction of sp³-hybridized carbons (Fsp3) is 0.0909. The Morgan fingerprint density at radius 2 is 1.67 bits per heavy atom. The number of hydrogen-bond donors (Lipinski definition) is 1. The third-order valence-corrected chi connectivity index (χ3v) is 4.57. The van der Waals surface area contributed by atoms with Crippen LogP contribution in [0.4, 0.5) is 17.2 Å². The van der Waals surface area contributed by atoms with Crippen LogP contribution in [0, 0.1) is 10.1 Å². The van der Waals surface area contributed by atoms with Crippen molar-refractivity contribution in [2.45, 2.75) is 0 Å². The Morgan fingerprint density at radius 1 is 0.900 bits per heavy atom. The zero-order valence-corrected chi connectivity index (χ0v) is 16.3. The maximum absolute atomic E-state index is 11.3. The third-order valence-electron chi connectivity index (χ3n) is 4.57. The number of hydrogen-bond acceptors (Lipinski definition) is 7. The van der Waals surface area contributed by atoms with Gasteiger partial charge < -0.3 is 14.8 Å². The van der Waals surface area contributed by atoms with Gasteiger partial charge in [0.15, 0.2) is 17.3 Å². The molecule has 1 aromatic heterocycles. The fourth-order valence-corrected chi connectivity index (χ4v) is 3.09. The lowest BCUT2D eigenvalue weighted by molar-refractivity contribution is -0.384. The van der Waals surface area contributed by atoms with Crippen molar-refractivity contribution in [2.75, 3.05) is 19.5 Å². The van der Waals surface area contributed by atoms with Gasteiger partial charge in [-0.15, -0.1) is 0 Å². The summed E-state index contributed by atoms with van der Waals surface area (Å²) >= 11 is 0. The number of nitro benzene ring substituents is 1. The highest BCUT2D eigenvalue weighted by Gasteiger charge is 2.15. The number of non-ortho nitro benzene ring substituents is 1. The number of nitrogens with zero attached hydrogens (tertiary/aromatic N) is 3. The van der Waals surface area contributed by atoms with Crippen molar-refractivity contribution in [3.8, 4) is 22.9 Å². The van der Waals surface area contributed by atoms with Crippen molar-refractivity contribution in [1.82, 2.24) is 9.97 Å². The van der Waals surface area contributed by atoms with E-state index >= 15 is 0 Å². The van der Waals surface area contributed by atoms with E-state index in [9.17, 15) is 10.1 Å². The zero-order chi connectivity index (χ0) is 21.1. The van der Waals surface area contributed by atoms with Gasteiger partial charge >= 0.3 is 0 Å². The fourth-order valence-electron chi connectivity index (χ4n) is 3.09. The summed E-state index contributed by atoms with van der Waals surface area (Å²) in [6.45, 7) is 0. The Balaban J connectivity index is 1.87. The average Bonchev–Trinajstić information content (AvgIpc) is 2.79. The number of nitrogens with one attached hydrogen (secondary N) is 1. The van der Waals surface area contributed by atoms with E-state index < -0.39 is 4.92 Å². The van der Waals surface area contributed by atoms with E-state index in [-0.39, 0.29) is 5.69 Å². The van der Waals surface area contributed by atoms with Gasteiger partial charge in [0.25, 0.3) is 5.69 Å². The number of fused-ring (bicyclic) bond motifs is 1. The molecule has 4 rings (SSSR count). The van der Waals surface area contributed by atoms with Crippen LogP contribution in [0.25, 0.3) is 22.3 Å². The average molecular weight is 402 g/mol. The van der Waals surface area contributed by atoms with Crippen LogP contribution >= 0.6 is 0 Å². The number of benzene rings is 3. The molecule has 0 bridgehead atoms. The monoisotopic (exact) mass is 402 g/mol. The van der Waals surface area contributed by atoms with Crippen LogP contribution in [0.3, 0.4) is 0 Å². The smallest absolute Gasteiger partial charge is 0.270 e. The van der Waals surface area contributed by atoms with Gasteiger partial charge in [0, 0.05) is 34.8 Å². The molecule has 150 valence electrons. The van der Waals surface area contributed by atoms with Gasteiger partial charge in [-0.05, 0) is 18.2 Å². The van der Waals surface area contributed by atoms with Crippen molar-refractivity contribution in [3.05, 3.63) is 76.8 Å². The molecule has 0 aliphatic heterocycles. The summed E-state index contributed by atoms with van der Waals surface area (Å²) in [5.41, 5.74) is 2.10. The summed E-state index contributed by atoms with van der Waals surface area (Å²) in [6.07, 6.45) is 0. The maximum atomic E-state index is 11.3. The summed E-state index contributed by atoms with van der Waals surface area (Å²) in [4.78, 5) is 20.1. The highest BCUT2D eigenvalue weighted by atomic mass is 16.6. The van der Waals surface area contributed by atoms with Gasteiger partial charge in [-0.1, -0.05) is 30.3 Å². The molecule has 8 heteroatoms. The van der Waals surface area contributed by atoms with E-state index in [0.29, 0.717) is 39.7 Å². The van der Waals surface area contributed by atoms with Crippen molar-refractivity contribution >= 4 is 28.1 Å². The highest BCUT2D eigenvalue weighted by Crippen LogP contribution is 2.34. The number of aromatic nitrogens is 2. The first-order chi connectivity index (χ1) is 14.6. The van der Waals surface area contributed by atoms with Crippen LogP contribution < -0.4 is 14.8 Å². The zero-order valence-electron chi connectivity index (χ0n) is 16.3. The standard InChI is InChI=1S/C22H18N4O4/c1-29-19-11-8-15(12-20(19)30-2)23-22-17-13-16(26(27)28)9-10-18(17)24-21(25-22)14-6-4-3-5-7-14/h3-13H,1-2H3,(H,23,24,25). The Hall–Kier alpha value is -4.20. The minimum atomic E-state index is -0.440. The van der Waals surface area contributed by atoms with Crippen LogP contribution in [-0.2, 0) is 0 Å². The molecule has 0 amide bonds. The molecule has 0 aliphatic rings. The molecule has 0 saturated heterocycles. The molecule has 0 unspecified atom stereocenters. The van der Waals surface area contributed by atoms with Crippen LogP contribution in [0.2, 0.25) is 0 Å². The largest absolute Gasteiger partial charge is 0.493 e.